The Kier molecular flexibility index (Phi) is 4.92. The highest BCUT2D eigenvalue weighted by molar-refractivity contribution is 9.10. The Bertz CT molecular complexity index is 581. The molecule has 0 aliphatic rings. The lowest BCUT2D eigenvalue weighted by atomic mass is 10.0. The standard InChI is InChI=1S/C14H14Br2O2S/c1-8-6-19-7-10(8)14(16)9-4-13(18-3)11(15)5-12(9)17-2/h4-7,14H,1-3H3. The zero-order chi connectivity index (χ0) is 14.0. The van der Waals surface area contributed by atoms with E-state index >= 15 is 0 Å². The summed E-state index contributed by atoms with van der Waals surface area (Å²) in [4.78, 5) is 0.0932. The molecule has 1 heterocycles. The number of thiophene rings is 1. The Balaban J connectivity index is 2.51. The minimum Gasteiger partial charge on any atom is -0.496 e. The van der Waals surface area contributed by atoms with Gasteiger partial charge in [0.2, 0.25) is 0 Å². The van der Waals surface area contributed by atoms with Crippen LogP contribution in [0, 0.1) is 6.92 Å². The number of rotatable bonds is 4. The quantitative estimate of drug-likeness (QED) is 0.640. The first kappa shape index (κ1) is 14.9. The highest BCUT2D eigenvalue weighted by Gasteiger charge is 2.20. The molecule has 2 aromatic rings. The molecule has 0 fully saturated rings. The minimum absolute atomic E-state index is 0.0932. The molecule has 0 spiro atoms. The number of alkyl halides is 1. The van der Waals surface area contributed by atoms with Crippen molar-refractivity contribution < 1.29 is 9.47 Å². The van der Waals surface area contributed by atoms with Crippen LogP contribution >= 0.6 is 43.2 Å². The number of hydrogen-bond acceptors (Lipinski definition) is 3. The van der Waals surface area contributed by atoms with Gasteiger partial charge in [0.05, 0.1) is 23.5 Å². The summed E-state index contributed by atoms with van der Waals surface area (Å²) in [5.41, 5.74) is 3.59. The molecule has 1 aromatic carbocycles. The van der Waals surface area contributed by atoms with Crippen LogP contribution in [-0.4, -0.2) is 14.2 Å². The van der Waals surface area contributed by atoms with Crippen molar-refractivity contribution in [1.29, 1.82) is 0 Å². The fourth-order valence-corrected chi connectivity index (χ4v) is 4.27. The maximum absolute atomic E-state index is 5.47. The van der Waals surface area contributed by atoms with E-state index in [2.05, 4.69) is 49.5 Å². The van der Waals surface area contributed by atoms with Crippen molar-refractivity contribution in [2.45, 2.75) is 11.8 Å². The van der Waals surface area contributed by atoms with Gasteiger partial charge in [-0.3, -0.25) is 0 Å². The van der Waals surface area contributed by atoms with E-state index < -0.39 is 0 Å². The van der Waals surface area contributed by atoms with Gasteiger partial charge in [0.25, 0.3) is 0 Å². The molecule has 0 bridgehead atoms. The summed E-state index contributed by atoms with van der Waals surface area (Å²) in [6.07, 6.45) is 0. The molecule has 0 saturated carbocycles. The lowest BCUT2D eigenvalue weighted by molar-refractivity contribution is 0.397. The first-order valence-electron chi connectivity index (χ1n) is 5.66. The second-order valence-electron chi connectivity index (χ2n) is 4.10. The van der Waals surface area contributed by atoms with Crippen molar-refractivity contribution >= 4 is 43.2 Å². The summed E-state index contributed by atoms with van der Waals surface area (Å²) in [5.74, 6) is 1.63. The number of ether oxygens (including phenoxy) is 2. The molecule has 1 unspecified atom stereocenters. The van der Waals surface area contributed by atoms with Crippen LogP contribution in [-0.2, 0) is 0 Å². The third-order valence-corrected chi connectivity index (χ3v) is 5.43. The maximum Gasteiger partial charge on any atom is 0.133 e. The van der Waals surface area contributed by atoms with Crippen molar-refractivity contribution in [2.75, 3.05) is 14.2 Å². The number of hydrogen-bond donors (Lipinski definition) is 0. The maximum atomic E-state index is 5.47. The molecule has 1 atom stereocenters. The average Bonchev–Trinajstić information content (AvgIpc) is 2.83. The van der Waals surface area contributed by atoms with Crippen LogP contribution in [0.1, 0.15) is 21.5 Å². The predicted molar refractivity (Wildman–Crippen MR) is 87.1 cm³/mol. The molecule has 2 rings (SSSR count). The normalized spacial score (nSPS) is 12.3. The molecule has 0 amide bonds. The zero-order valence-corrected chi connectivity index (χ0v) is 14.9. The average molecular weight is 406 g/mol. The Hall–Kier alpha value is -0.520. The fourth-order valence-electron chi connectivity index (χ4n) is 1.88. The number of aryl methyl sites for hydroxylation is 1. The van der Waals surface area contributed by atoms with Gasteiger partial charge in [0.15, 0.2) is 0 Å². The number of halogens is 2. The van der Waals surface area contributed by atoms with Crippen LogP contribution in [0.25, 0.3) is 0 Å². The van der Waals surface area contributed by atoms with Crippen molar-refractivity contribution in [2.24, 2.45) is 0 Å². The van der Waals surface area contributed by atoms with Gasteiger partial charge in [-0.15, -0.1) is 0 Å². The van der Waals surface area contributed by atoms with Gasteiger partial charge in [-0.05, 0) is 56.9 Å². The summed E-state index contributed by atoms with van der Waals surface area (Å²) >= 11 is 8.94. The van der Waals surface area contributed by atoms with Crippen molar-refractivity contribution in [3.05, 3.63) is 44.1 Å². The lowest BCUT2D eigenvalue weighted by Gasteiger charge is -2.17. The highest BCUT2D eigenvalue weighted by atomic mass is 79.9. The SMILES string of the molecule is COc1cc(C(Br)c2cscc2C)c(OC)cc1Br. The van der Waals surface area contributed by atoms with Crippen LogP contribution in [0.15, 0.2) is 27.4 Å². The van der Waals surface area contributed by atoms with E-state index in [0.717, 1.165) is 21.5 Å². The van der Waals surface area contributed by atoms with Crippen LogP contribution in [0.4, 0.5) is 0 Å². The zero-order valence-electron chi connectivity index (χ0n) is 10.9. The molecule has 0 saturated heterocycles. The van der Waals surface area contributed by atoms with Gasteiger partial charge in [-0.25, -0.2) is 0 Å². The van der Waals surface area contributed by atoms with E-state index in [1.54, 1.807) is 25.6 Å². The van der Waals surface area contributed by atoms with Crippen molar-refractivity contribution in [3.8, 4) is 11.5 Å². The Morgan fingerprint density at radius 3 is 2.26 bits per heavy atom. The first-order valence-corrected chi connectivity index (χ1v) is 8.31. The molecule has 1 aromatic heterocycles. The lowest BCUT2D eigenvalue weighted by Crippen LogP contribution is -1.99. The summed E-state index contributed by atoms with van der Waals surface area (Å²) in [7, 11) is 3.34. The van der Waals surface area contributed by atoms with E-state index in [1.165, 1.54) is 11.1 Å². The third kappa shape index (κ3) is 2.98. The van der Waals surface area contributed by atoms with Gasteiger partial charge in [-0.2, -0.15) is 11.3 Å². The first-order chi connectivity index (χ1) is 9.08. The van der Waals surface area contributed by atoms with Crippen molar-refractivity contribution in [1.82, 2.24) is 0 Å². The topological polar surface area (TPSA) is 18.5 Å². The monoisotopic (exact) mass is 404 g/mol. The van der Waals surface area contributed by atoms with Crippen LogP contribution in [0.3, 0.4) is 0 Å². The molecular weight excluding hydrogens is 392 g/mol. The minimum atomic E-state index is 0.0932. The van der Waals surface area contributed by atoms with E-state index in [0.29, 0.717) is 0 Å². The van der Waals surface area contributed by atoms with E-state index in [-0.39, 0.29) is 4.83 Å². The molecule has 19 heavy (non-hydrogen) atoms. The van der Waals surface area contributed by atoms with E-state index in [9.17, 15) is 0 Å². The van der Waals surface area contributed by atoms with Gasteiger partial charge in [0, 0.05) is 5.56 Å². The summed E-state index contributed by atoms with van der Waals surface area (Å²) in [6.45, 7) is 2.11. The van der Waals surface area contributed by atoms with Gasteiger partial charge >= 0.3 is 0 Å². The van der Waals surface area contributed by atoms with E-state index in [4.69, 9.17) is 9.47 Å². The Morgan fingerprint density at radius 1 is 1.05 bits per heavy atom. The Labute approximate surface area is 134 Å². The number of benzene rings is 1. The number of methoxy groups -OCH3 is 2. The molecule has 102 valence electrons. The van der Waals surface area contributed by atoms with Gasteiger partial charge < -0.3 is 9.47 Å². The molecule has 0 radical (unpaired) electrons. The van der Waals surface area contributed by atoms with Crippen molar-refractivity contribution in [3.63, 3.8) is 0 Å². The van der Waals surface area contributed by atoms with E-state index in [1.807, 2.05) is 12.1 Å². The molecule has 5 heteroatoms. The van der Waals surface area contributed by atoms with Gasteiger partial charge in [0.1, 0.15) is 11.5 Å². The smallest absolute Gasteiger partial charge is 0.133 e. The van der Waals surface area contributed by atoms with Crippen LogP contribution in [0.2, 0.25) is 0 Å². The molecule has 0 N–H and O–H groups in total. The largest absolute Gasteiger partial charge is 0.496 e. The second-order valence-corrected chi connectivity index (χ2v) is 6.61. The highest BCUT2D eigenvalue weighted by Crippen LogP contribution is 2.43. The summed E-state index contributed by atoms with van der Waals surface area (Å²) in [6, 6.07) is 3.93. The second kappa shape index (κ2) is 6.29. The summed E-state index contributed by atoms with van der Waals surface area (Å²) < 4.78 is 11.7. The Morgan fingerprint density at radius 2 is 1.74 bits per heavy atom. The molecular formula is C14H14Br2O2S. The molecule has 2 nitrogen and oxygen atoms in total. The molecule has 0 aliphatic carbocycles. The molecule has 0 aliphatic heterocycles. The van der Waals surface area contributed by atoms with Crippen LogP contribution < -0.4 is 9.47 Å². The van der Waals surface area contributed by atoms with Gasteiger partial charge in [-0.1, -0.05) is 15.9 Å². The predicted octanol–water partition coefficient (Wildman–Crippen LogP) is 5.32. The summed E-state index contributed by atoms with van der Waals surface area (Å²) in [5, 5.41) is 4.30. The fraction of sp³-hybridized carbons (Fsp3) is 0.286. The third-order valence-electron chi connectivity index (χ3n) is 2.95. The van der Waals surface area contributed by atoms with Crippen LogP contribution in [0.5, 0.6) is 11.5 Å².